The molecule has 0 aromatic carbocycles. The van der Waals surface area contributed by atoms with Crippen LogP contribution in [0, 0.1) is 11.8 Å². The molecule has 1 fully saturated rings. The molecule has 0 aliphatic carbocycles. The summed E-state index contributed by atoms with van der Waals surface area (Å²) in [5.41, 5.74) is -0.0139. The van der Waals surface area contributed by atoms with Crippen LogP contribution in [0.25, 0.3) is 0 Å². The third-order valence-corrected chi connectivity index (χ3v) is 5.37. The Morgan fingerprint density at radius 2 is 1.87 bits per heavy atom. The molecule has 5 nitrogen and oxygen atoms in total. The summed E-state index contributed by atoms with van der Waals surface area (Å²) in [6.07, 6.45) is 1.78. The predicted molar refractivity (Wildman–Crippen MR) is 96.0 cm³/mol. The van der Waals surface area contributed by atoms with Crippen molar-refractivity contribution >= 4 is 22.6 Å². The number of piperidine rings is 1. The Kier molecular flexibility index (Phi) is 5.65. The van der Waals surface area contributed by atoms with E-state index in [2.05, 4.69) is 61.1 Å². The number of carbonyl (C=O) groups is 1. The van der Waals surface area contributed by atoms with Gasteiger partial charge in [-0.05, 0) is 25.7 Å². The van der Waals surface area contributed by atoms with Gasteiger partial charge in [-0.25, -0.2) is 4.98 Å². The number of rotatable bonds is 4. The van der Waals surface area contributed by atoms with Crippen molar-refractivity contribution in [2.75, 3.05) is 18.0 Å². The van der Waals surface area contributed by atoms with Crippen LogP contribution in [-0.2, 0) is 10.2 Å². The van der Waals surface area contributed by atoms with Crippen molar-refractivity contribution in [3.63, 3.8) is 0 Å². The van der Waals surface area contributed by atoms with Crippen molar-refractivity contribution in [1.29, 1.82) is 0 Å². The van der Waals surface area contributed by atoms with E-state index in [9.17, 15) is 4.79 Å². The highest BCUT2D eigenvalue weighted by atomic mass is 32.1. The van der Waals surface area contributed by atoms with E-state index in [0.29, 0.717) is 5.92 Å². The van der Waals surface area contributed by atoms with E-state index < -0.39 is 0 Å². The van der Waals surface area contributed by atoms with Crippen LogP contribution in [0.5, 0.6) is 0 Å². The first-order valence-electron chi connectivity index (χ1n) is 8.58. The molecular weight excluding hydrogens is 308 g/mol. The lowest BCUT2D eigenvalue weighted by Crippen LogP contribution is -2.44. The molecule has 1 N–H and O–H groups in total. The van der Waals surface area contributed by atoms with Gasteiger partial charge in [0.15, 0.2) is 0 Å². The molecule has 1 unspecified atom stereocenters. The highest BCUT2D eigenvalue weighted by molar-refractivity contribution is 7.09. The standard InChI is InChI=1S/C17H30N4OS/c1-11(2)12(3)18-14(22)13-7-9-21(10-8-13)16-19-15(20-23-16)17(4,5)6/h11-13H,7-10H2,1-6H3,(H,18,22). The number of hydrogen-bond donors (Lipinski definition) is 1. The van der Waals surface area contributed by atoms with E-state index >= 15 is 0 Å². The number of amides is 1. The van der Waals surface area contributed by atoms with Crippen molar-refractivity contribution in [1.82, 2.24) is 14.7 Å². The third kappa shape index (κ3) is 4.66. The third-order valence-electron chi connectivity index (χ3n) is 4.59. The average molecular weight is 339 g/mol. The number of aromatic nitrogens is 2. The van der Waals surface area contributed by atoms with Crippen LogP contribution in [0.15, 0.2) is 0 Å². The maximum atomic E-state index is 12.3. The molecule has 1 amide bonds. The van der Waals surface area contributed by atoms with Crippen LogP contribution in [0.4, 0.5) is 5.13 Å². The number of carbonyl (C=O) groups excluding carboxylic acids is 1. The molecule has 6 heteroatoms. The Balaban J connectivity index is 1.89. The van der Waals surface area contributed by atoms with Crippen molar-refractivity contribution < 1.29 is 4.79 Å². The number of anilines is 1. The van der Waals surface area contributed by atoms with Gasteiger partial charge in [-0.3, -0.25) is 4.79 Å². The molecule has 1 saturated heterocycles. The van der Waals surface area contributed by atoms with Gasteiger partial charge >= 0.3 is 0 Å². The molecule has 1 aromatic heterocycles. The smallest absolute Gasteiger partial charge is 0.223 e. The molecule has 0 bridgehead atoms. The summed E-state index contributed by atoms with van der Waals surface area (Å²) in [7, 11) is 0. The quantitative estimate of drug-likeness (QED) is 0.916. The van der Waals surface area contributed by atoms with Gasteiger partial charge in [0.05, 0.1) is 0 Å². The number of hydrogen-bond acceptors (Lipinski definition) is 5. The van der Waals surface area contributed by atoms with Gasteiger partial charge in [0, 0.05) is 42.0 Å². The zero-order valence-electron chi connectivity index (χ0n) is 15.2. The van der Waals surface area contributed by atoms with Gasteiger partial charge in [-0.2, -0.15) is 4.37 Å². The van der Waals surface area contributed by atoms with Crippen molar-refractivity contribution in [3.05, 3.63) is 5.82 Å². The molecular formula is C17H30N4OS. The summed E-state index contributed by atoms with van der Waals surface area (Å²) in [5, 5.41) is 4.13. The molecule has 1 aliphatic rings. The van der Waals surface area contributed by atoms with Gasteiger partial charge < -0.3 is 10.2 Å². The van der Waals surface area contributed by atoms with Crippen LogP contribution in [0.1, 0.15) is 60.2 Å². The summed E-state index contributed by atoms with van der Waals surface area (Å²) < 4.78 is 4.49. The van der Waals surface area contributed by atoms with Gasteiger partial charge in [0.1, 0.15) is 5.82 Å². The maximum Gasteiger partial charge on any atom is 0.223 e. The molecule has 23 heavy (non-hydrogen) atoms. The van der Waals surface area contributed by atoms with E-state index in [0.717, 1.165) is 36.9 Å². The van der Waals surface area contributed by atoms with Gasteiger partial charge in [0.2, 0.25) is 11.0 Å². The van der Waals surface area contributed by atoms with Crippen LogP contribution >= 0.6 is 11.5 Å². The number of nitrogens with zero attached hydrogens (tertiary/aromatic N) is 3. The minimum atomic E-state index is -0.0139. The highest BCUT2D eigenvalue weighted by Gasteiger charge is 2.28. The highest BCUT2D eigenvalue weighted by Crippen LogP contribution is 2.28. The normalized spacial score (nSPS) is 18.3. The Morgan fingerprint density at radius 3 is 2.35 bits per heavy atom. The van der Waals surface area contributed by atoms with E-state index in [4.69, 9.17) is 0 Å². The van der Waals surface area contributed by atoms with Crippen molar-refractivity contribution in [2.24, 2.45) is 11.8 Å². The van der Waals surface area contributed by atoms with E-state index in [-0.39, 0.29) is 23.3 Å². The Labute approximate surface area is 144 Å². The lowest BCUT2D eigenvalue weighted by Gasteiger charge is -2.31. The fourth-order valence-electron chi connectivity index (χ4n) is 2.49. The second-order valence-corrected chi connectivity index (χ2v) is 8.68. The fourth-order valence-corrected chi connectivity index (χ4v) is 3.40. The summed E-state index contributed by atoms with van der Waals surface area (Å²) in [6, 6.07) is 0.234. The van der Waals surface area contributed by atoms with E-state index in [1.165, 1.54) is 11.5 Å². The van der Waals surface area contributed by atoms with E-state index in [1.54, 1.807) is 0 Å². The summed E-state index contributed by atoms with van der Waals surface area (Å²) in [6.45, 7) is 14.5. The SMILES string of the molecule is CC(C)C(C)NC(=O)C1CCN(c2nc(C(C)(C)C)ns2)CC1. The second kappa shape index (κ2) is 7.16. The Hall–Kier alpha value is -1.17. The van der Waals surface area contributed by atoms with Crippen LogP contribution < -0.4 is 10.2 Å². The molecule has 0 radical (unpaired) electrons. The maximum absolute atomic E-state index is 12.3. The molecule has 2 rings (SSSR count). The summed E-state index contributed by atoms with van der Waals surface area (Å²) >= 11 is 1.47. The Morgan fingerprint density at radius 1 is 1.26 bits per heavy atom. The first kappa shape index (κ1) is 18.2. The van der Waals surface area contributed by atoms with Crippen LogP contribution in [-0.4, -0.2) is 34.4 Å². The second-order valence-electron chi connectivity index (χ2n) is 7.95. The predicted octanol–water partition coefficient (Wildman–Crippen LogP) is 3.21. The molecule has 130 valence electrons. The average Bonchev–Trinajstić information content (AvgIpc) is 2.97. The Bertz CT molecular complexity index is 527. The number of nitrogens with one attached hydrogen (secondary N) is 1. The van der Waals surface area contributed by atoms with Gasteiger partial charge in [-0.15, -0.1) is 0 Å². The zero-order chi connectivity index (χ0) is 17.2. The first-order valence-corrected chi connectivity index (χ1v) is 9.35. The minimum absolute atomic E-state index is 0.0139. The molecule has 2 heterocycles. The molecule has 0 spiro atoms. The van der Waals surface area contributed by atoms with E-state index in [1.807, 2.05) is 0 Å². The summed E-state index contributed by atoms with van der Waals surface area (Å²) in [5.74, 6) is 1.71. The lowest BCUT2D eigenvalue weighted by molar-refractivity contribution is -0.126. The molecule has 1 aromatic rings. The molecule has 1 aliphatic heterocycles. The van der Waals surface area contributed by atoms with Crippen molar-refractivity contribution in [2.45, 2.75) is 65.8 Å². The molecule has 1 atom stereocenters. The van der Waals surface area contributed by atoms with Gasteiger partial charge in [-0.1, -0.05) is 34.6 Å². The largest absolute Gasteiger partial charge is 0.353 e. The van der Waals surface area contributed by atoms with Crippen LogP contribution in [0.3, 0.4) is 0 Å². The van der Waals surface area contributed by atoms with Crippen molar-refractivity contribution in [3.8, 4) is 0 Å². The van der Waals surface area contributed by atoms with Gasteiger partial charge in [0.25, 0.3) is 0 Å². The monoisotopic (exact) mass is 338 g/mol. The van der Waals surface area contributed by atoms with Crippen LogP contribution in [0.2, 0.25) is 0 Å². The fraction of sp³-hybridized carbons (Fsp3) is 0.824. The minimum Gasteiger partial charge on any atom is -0.353 e. The lowest BCUT2D eigenvalue weighted by atomic mass is 9.95. The topological polar surface area (TPSA) is 58.1 Å². The summed E-state index contributed by atoms with van der Waals surface area (Å²) in [4.78, 5) is 19.3. The molecule has 0 saturated carbocycles. The zero-order valence-corrected chi connectivity index (χ0v) is 16.0. The first-order chi connectivity index (χ1) is 10.7.